The van der Waals surface area contributed by atoms with Crippen molar-refractivity contribution in [3.05, 3.63) is 15.8 Å². The lowest BCUT2D eigenvalue weighted by Gasteiger charge is -2.15. The van der Waals surface area contributed by atoms with E-state index in [9.17, 15) is 4.79 Å². The summed E-state index contributed by atoms with van der Waals surface area (Å²) in [5.41, 5.74) is 6.16. The first kappa shape index (κ1) is 11.0. The van der Waals surface area contributed by atoms with Gasteiger partial charge in [0, 0.05) is 11.9 Å². The Kier molecular flexibility index (Phi) is 2.85. The van der Waals surface area contributed by atoms with Crippen LogP contribution in [0.5, 0.6) is 0 Å². The highest BCUT2D eigenvalue weighted by atomic mass is 32.1. The third-order valence-corrected chi connectivity index (χ3v) is 3.54. The lowest BCUT2D eigenvalue weighted by Crippen LogP contribution is -2.10. The van der Waals surface area contributed by atoms with E-state index in [0.29, 0.717) is 4.88 Å². The molecule has 0 unspecified atom stereocenters. The minimum Gasteiger partial charge on any atom is -0.387 e. The molecule has 0 radical (unpaired) electrons. The molecule has 0 aliphatic heterocycles. The molecule has 0 saturated carbocycles. The van der Waals surface area contributed by atoms with Crippen LogP contribution in [-0.4, -0.2) is 13.0 Å². The summed E-state index contributed by atoms with van der Waals surface area (Å²) in [7, 11) is 1.79. The number of carbonyl (C=O) groups is 1. The lowest BCUT2D eigenvalue weighted by atomic mass is 9.94. The van der Waals surface area contributed by atoms with Gasteiger partial charge in [0.25, 0.3) is 5.91 Å². The fourth-order valence-corrected chi connectivity index (χ4v) is 2.20. The van der Waals surface area contributed by atoms with Crippen LogP contribution < -0.4 is 11.1 Å². The van der Waals surface area contributed by atoms with Gasteiger partial charge in [0.05, 0.1) is 5.69 Å². The van der Waals surface area contributed by atoms with Crippen molar-refractivity contribution >= 4 is 22.9 Å². The molecular weight excluding hydrogens is 196 g/mol. The van der Waals surface area contributed by atoms with E-state index in [1.54, 1.807) is 7.05 Å². The number of amides is 1. The number of hydrogen-bond donors (Lipinski definition) is 2. The maximum Gasteiger partial charge on any atom is 0.260 e. The summed E-state index contributed by atoms with van der Waals surface area (Å²) < 4.78 is 0. The van der Waals surface area contributed by atoms with E-state index in [4.69, 9.17) is 5.73 Å². The quantitative estimate of drug-likeness (QED) is 0.789. The van der Waals surface area contributed by atoms with Gasteiger partial charge in [-0.05, 0) is 11.5 Å². The number of anilines is 1. The first-order chi connectivity index (χ1) is 6.36. The number of rotatable bonds is 2. The first-order valence-electron chi connectivity index (χ1n) is 4.48. The van der Waals surface area contributed by atoms with Crippen molar-refractivity contribution in [3.8, 4) is 0 Å². The second-order valence-corrected chi connectivity index (χ2v) is 5.27. The molecule has 4 heteroatoms. The number of carbonyl (C=O) groups excluding carboxylic acids is 1. The molecular formula is C10H16N2OS. The van der Waals surface area contributed by atoms with Gasteiger partial charge in [-0.1, -0.05) is 20.8 Å². The van der Waals surface area contributed by atoms with Crippen LogP contribution >= 0.6 is 11.3 Å². The van der Waals surface area contributed by atoms with Crippen molar-refractivity contribution in [1.29, 1.82) is 0 Å². The second-order valence-electron chi connectivity index (χ2n) is 4.22. The van der Waals surface area contributed by atoms with Gasteiger partial charge in [-0.2, -0.15) is 0 Å². The molecule has 78 valence electrons. The van der Waals surface area contributed by atoms with Gasteiger partial charge in [-0.3, -0.25) is 4.79 Å². The topological polar surface area (TPSA) is 55.1 Å². The Morgan fingerprint density at radius 1 is 1.50 bits per heavy atom. The third-order valence-electron chi connectivity index (χ3n) is 1.96. The molecule has 14 heavy (non-hydrogen) atoms. The number of nitrogens with one attached hydrogen (secondary N) is 1. The molecule has 0 bridgehead atoms. The van der Waals surface area contributed by atoms with Crippen molar-refractivity contribution < 1.29 is 4.79 Å². The lowest BCUT2D eigenvalue weighted by molar-refractivity contribution is 0.100. The van der Waals surface area contributed by atoms with E-state index in [1.165, 1.54) is 11.3 Å². The van der Waals surface area contributed by atoms with Crippen LogP contribution in [-0.2, 0) is 5.41 Å². The number of nitrogens with two attached hydrogens (primary N) is 1. The largest absolute Gasteiger partial charge is 0.387 e. The summed E-state index contributed by atoms with van der Waals surface area (Å²) in [4.78, 5) is 12.9. The SMILES string of the molecule is CNc1cc(C(C)(C)C)sc1C(N)=O. The van der Waals surface area contributed by atoms with Crippen molar-refractivity contribution in [2.75, 3.05) is 12.4 Å². The Morgan fingerprint density at radius 3 is 2.36 bits per heavy atom. The van der Waals surface area contributed by atoms with Gasteiger partial charge >= 0.3 is 0 Å². The van der Waals surface area contributed by atoms with Gasteiger partial charge in [-0.25, -0.2) is 0 Å². The normalized spacial score (nSPS) is 11.4. The zero-order valence-corrected chi connectivity index (χ0v) is 9.79. The van der Waals surface area contributed by atoms with E-state index in [2.05, 4.69) is 26.1 Å². The maximum atomic E-state index is 11.1. The van der Waals surface area contributed by atoms with Gasteiger partial charge in [-0.15, -0.1) is 11.3 Å². The molecule has 0 aromatic carbocycles. The van der Waals surface area contributed by atoms with Crippen LogP contribution in [0.4, 0.5) is 5.69 Å². The minimum absolute atomic E-state index is 0.0595. The molecule has 0 spiro atoms. The molecule has 0 atom stereocenters. The van der Waals surface area contributed by atoms with Crippen LogP contribution in [0.25, 0.3) is 0 Å². The average Bonchev–Trinajstić information content (AvgIpc) is 2.45. The Labute approximate surface area is 88.3 Å². The Bertz CT molecular complexity index is 349. The van der Waals surface area contributed by atoms with Crippen LogP contribution in [0.3, 0.4) is 0 Å². The molecule has 0 aliphatic rings. The Morgan fingerprint density at radius 2 is 2.07 bits per heavy atom. The smallest absolute Gasteiger partial charge is 0.260 e. The van der Waals surface area contributed by atoms with E-state index in [1.807, 2.05) is 6.07 Å². The minimum atomic E-state index is -0.366. The summed E-state index contributed by atoms with van der Waals surface area (Å²) in [6.45, 7) is 6.34. The highest BCUT2D eigenvalue weighted by Gasteiger charge is 2.21. The highest BCUT2D eigenvalue weighted by Crippen LogP contribution is 2.34. The predicted octanol–water partition coefficient (Wildman–Crippen LogP) is 2.19. The molecule has 3 N–H and O–H groups in total. The fourth-order valence-electron chi connectivity index (χ4n) is 1.13. The monoisotopic (exact) mass is 212 g/mol. The zero-order valence-electron chi connectivity index (χ0n) is 8.97. The van der Waals surface area contributed by atoms with E-state index >= 15 is 0 Å². The molecule has 0 saturated heterocycles. The summed E-state index contributed by atoms with van der Waals surface area (Å²) in [5.74, 6) is -0.366. The highest BCUT2D eigenvalue weighted by molar-refractivity contribution is 7.14. The van der Waals surface area contributed by atoms with Crippen LogP contribution in [0.1, 0.15) is 35.3 Å². The molecule has 0 aliphatic carbocycles. The summed E-state index contributed by atoms with van der Waals surface area (Å²) in [5, 5.41) is 2.98. The average molecular weight is 212 g/mol. The van der Waals surface area contributed by atoms with E-state index < -0.39 is 0 Å². The van der Waals surface area contributed by atoms with Gasteiger partial charge in [0.2, 0.25) is 0 Å². The standard InChI is InChI=1S/C10H16N2OS/c1-10(2,3)7-5-6(12-4)8(14-7)9(11)13/h5,12H,1-4H3,(H2,11,13). The van der Waals surface area contributed by atoms with Crippen LogP contribution in [0.2, 0.25) is 0 Å². The zero-order chi connectivity index (χ0) is 10.9. The van der Waals surface area contributed by atoms with Crippen LogP contribution in [0.15, 0.2) is 6.07 Å². The second kappa shape index (κ2) is 3.61. The number of hydrogen-bond acceptors (Lipinski definition) is 3. The third kappa shape index (κ3) is 2.07. The Balaban J connectivity index is 3.20. The maximum absolute atomic E-state index is 11.1. The van der Waals surface area contributed by atoms with Crippen molar-refractivity contribution in [3.63, 3.8) is 0 Å². The van der Waals surface area contributed by atoms with E-state index in [-0.39, 0.29) is 11.3 Å². The van der Waals surface area contributed by atoms with Gasteiger partial charge in [0.1, 0.15) is 4.88 Å². The number of primary amides is 1. The molecule has 1 amide bonds. The fraction of sp³-hybridized carbons (Fsp3) is 0.500. The van der Waals surface area contributed by atoms with Crippen molar-refractivity contribution in [2.24, 2.45) is 5.73 Å². The van der Waals surface area contributed by atoms with Crippen molar-refractivity contribution in [2.45, 2.75) is 26.2 Å². The Hall–Kier alpha value is -1.03. The first-order valence-corrected chi connectivity index (χ1v) is 5.29. The summed E-state index contributed by atoms with van der Waals surface area (Å²) in [6.07, 6.45) is 0. The van der Waals surface area contributed by atoms with Gasteiger partial charge in [0.15, 0.2) is 0 Å². The molecule has 1 aromatic rings. The molecule has 3 nitrogen and oxygen atoms in total. The number of thiophene rings is 1. The summed E-state index contributed by atoms with van der Waals surface area (Å²) in [6, 6.07) is 1.99. The molecule has 1 rings (SSSR count). The predicted molar refractivity (Wildman–Crippen MR) is 61.1 cm³/mol. The summed E-state index contributed by atoms with van der Waals surface area (Å²) >= 11 is 1.46. The molecule has 0 fully saturated rings. The molecule has 1 heterocycles. The molecule has 1 aromatic heterocycles. The van der Waals surface area contributed by atoms with E-state index in [0.717, 1.165) is 10.6 Å². The van der Waals surface area contributed by atoms with Crippen LogP contribution in [0, 0.1) is 0 Å². The van der Waals surface area contributed by atoms with Crippen molar-refractivity contribution in [1.82, 2.24) is 0 Å². The van der Waals surface area contributed by atoms with Gasteiger partial charge < -0.3 is 11.1 Å².